The second-order valence-electron chi connectivity index (χ2n) is 5.19. The zero-order valence-electron chi connectivity index (χ0n) is 11.9. The molecule has 1 saturated carbocycles. The van der Waals surface area contributed by atoms with E-state index in [0.29, 0.717) is 12.1 Å². The van der Waals surface area contributed by atoms with Crippen LogP contribution in [-0.2, 0) is 11.3 Å². The van der Waals surface area contributed by atoms with Gasteiger partial charge in [-0.05, 0) is 37.5 Å². The van der Waals surface area contributed by atoms with Crippen LogP contribution in [0.5, 0.6) is 0 Å². The number of methoxy groups -OCH3 is 1. The van der Waals surface area contributed by atoms with Crippen molar-refractivity contribution in [3.05, 3.63) is 35.1 Å². The fraction of sp³-hybridized carbons (Fsp3) is 0.467. The summed E-state index contributed by atoms with van der Waals surface area (Å²) in [6.07, 6.45) is 2.97. The summed E-state index contributed by atoms with van der Waals surface area (Å²) in [5.41, 5.74) is 0.402. The zero-order valence-corrected chi connectivity index (χ0v) is 11.9. The van der Waals surface area contributed by atoms with Crippen molar-refractivity contribution in [3.8, 4) is 6.07 Å². The Morgan fingerprint density at radius 1 is 1.48 bits per heavy atom. The molecule has 112 valence electrons. The van der Waals surface area contributed by atoms with E-state index in [1.807, 2.05) is 6.07 Å². The third kappa shape index (κ3) is 3.70. The molecular formula is C15H18FN3O2. The Morgan fingerprint density at radius 2 is 2.24 bits per heavy atom. The number of rotatable bonds is 5. The molecule has 0 spiro atoms. The van der Waals surface area contributed by atoms with Gasteiger partial charge in [0, 0.05) is 25.8 Å². The van der Waals surface area contributed by atoms with Crippen molar-refractivity contribution in [2.45, 2.75) is 31.4 Å². The lowest BCUT2D eigenvalue weighted by Crippen LogP contribution is -2.51. The van der Waals surface area contributed by atoms with Crippen LogP contribution in [0.1, 0.15) is 30.4 Å². The summed E-state index contributed by atoms with van der Waals surface area (Å²) in [6, 6.07) is 5.62. The maximum absolute atomic E-state index is 13.5. The number of halogens is 1. The summed E-state index contributed by atoms with van der Waals surface area (Å²) in [5, 5.41) is 14.1. The summed E-state index contributed by atoms with van der Waals surface area (Å²) in [4.78, 5) is 11.7. The molecule has 1 aliphatic carbocycles. The summed E-state index contributed by atoms with van der Waals surface area (Å²) >= 11 is 0. The molecule has 1 aromatic carbocycles. The van der Waals surface area contributed by atoms with Crippen molar-refractivity contribution in [1.29, 1.82) is 5.26 Å². The lowest BCUT2D eigenvalue weighted by molar-refractivity contribution is -0.0674. The number of amides is 2. The molecule has 2 N–H and O–H groups in total. The molecule has 5 nitrogen and oxygen atoms in total. The van der Waals surface area contributed by atoms with Crippen LogP contribution in [0.3, 0.4) is 0 Å². The van der Waals surface area contributed by atoms with E-state index in [-0.39, 0.29) is 23.7 Å². The quantitative estimate of drug-likeness (QED) is 0.872. The molecule has 0 unspecified atom stereocenters. The molecule has 6 heteroatoms. The highest BCUT2D eigenvalue weighted by atomic mass is 19.1. The third-order valence-corrected chi connectivity index (χ3v) is 3.88. The number of hydrogen-bond acceptors (Lipinski definition) is 3. The number of nitrogens with one attached hydrogen (secondary N) is 2. The number of hydrogen-bond donors (Lipinski definition) is 2. The van der Waals surface area contributed by atoms with Gasteiger partial charge in [0.25, 0.3) is 0 Å². The average molecular weight is 291 g/mol. The van der Waals surface area contributed by atoms with Gasteiger partial charge >= 0.3 is 6.03 Å². The first-order valence-corrected chi connectivity index (χ1v) is 6.84. The molecule has 0 saturated heterocycles. The second-order valence-corrected chi connectivity index (χ2v) is 5.19. The standard InChI is InChI=1S/C15H18FN3O2/c1-21-15(5-2-6-15)10-19-14(20)18-9-12-7-11(8-17)3-4-13(12)16/h3-4,7H,2,5-6,9-10H2,1H3,(H2,18,19,20). The second kappa shape index (κ2) is 6.55. The van der Waals surface area contributed by atoms with E-state index in [1.165, 1.54) is 18.2 Å². The van der Waals surface area contributed by atoms with Crippen LogP contribution in [0, 0.1) is 17.1 Å². The van der Waals surface area contributed by atoms with Gasteiger partial charge in [0.15, 0.2) is 0 Å². The molecule has 21 heavy (non-hydrogen) atoms. The van der Waals surface area contributed by atoms with Gasteiger partial charge in [0.2, 0.25) is 0 Å². The Bertz CT molecular complexity index is 559. The zero-order chi connectivity index (χ0) is 15.3. The Labute approximate surface area is 123 Å². The number of carbonyl (C=O) groups is 1. The molecule has 0 radical (unpaired) electrons. The Hall–Kier alpha value is -2.13. The van der Waals surface area contributed by atoms with Crippen LogP contribution < -0.4 is 10.6 Å². The maximum atomic E-state index is 13.5. The molecule has 0 heterocycles. The van der Waals surface area contributed by atoms with E-state index in [9.17, 15) is 9.18 Å². The van der Waals surface area contributed by atoms with E-state index in [4.69, 9.17) is 10.00 Å². The molecule has 0 aromatic heterocycles. The number of nitrogens with zero attached hydrogens (tertiary/aromatic N) is 1. The van der Waals surface area contributed by atoms with Crippen molar-refractivity contribution in [2.24, 2.45) is 0 Å². The lowest BCUT2D eigenvalue weighted by Gasteiger charge is -2.40. The summed E-state index contributed by atoms with van der Waals surface area (Å²) in [5.74, 6) is -0.443. The number of nitriles is 1. The first-order valence-electron chi connectivity index (χ1n) is 6.84. The predicted molar refractivity (Wildman–Crippen MR) is 74.9 cm³/mol. The monoisotopic (exact) mass is 291 g/mol. The Balaban J connectivity index is 1.83. The van der Waals surface area contributed by atoms with Crippen molar-refractivity contribution < 1.29 is 13.9 Å². The summed E-state index contributed by atoms with van der Waals surface area (Å²) in [6.45, 7) is 0.475. The van der Waals surface area contributed by atoms with E-state index in [2.05, 4.69) is 10.6 Å². The average Bonchev–Trinajstić information content (AvgIpc) is 2.45. The van der Waals surface area contributed by atoms with Crippen LogP contribution in [-0.4, -0.2) is 25.3 Å². The molecule has 0 atom stereocenters. The fourth-order valence-corrected chi connectivity index (χ4v) is 2.28. The molecular weight excluding hydrogens is 273 g/mol. The summed E-state index contributed by atoms with van der Waals surface area (Å²) in [7, 11) is 1.64. The molecule has 1 fully saturated rings. The molecule has 2 rings (SSSR count). The number of benzene rings is 1. The predicted octanol–water partition coefficient (Wildman–Crippen LogP) is 2.07. The molecule has 1 aromatic rings. The number of ether oxygens (including phenoxy) is 1. The number of urea groups is 1. The lowest BCUT2D eigenvalue weighted by atomic mass is 9.80. The highest BCUT2D eigenvalue weighted by Gasteiger charge is 2.37. The van der Waals surface area contributed by atoms with E-state index in [0.717, 1.165) is 19.3 Å². The van der Waals surface area contributed by atoms with Gasteiger partial charge in [0.1, 0.15) is 5.82 Å². The molecule has 1 aliphatic rings. The molecule has 0 aliphatic heterocycles. The van der Waals surface area contributed by atoms with Gasteiger partial charge in [-0.25, -0.2) is 9.18 Å². The topological polar surface area (TPSA) is 74.2 Å². The van der Waals surface area contributed by atoms with E-state index >= 15 is 0 Å². The Morgan fingerprint density at radius 3 is 2.81 bits per heavy atom. The van der Waals surface area contributed by atoms with Gasteiger partial charge in [0.05, 0.1) is 17.2 Å². The SMILES string of the molecule is COC1(CNC(=O)NCc2cc(C#N)ccc2F)CCC1. The van der Waals surface area contributed by atoms with Gasteiger partial charge < -0.3 is 15.4 Å². The van der Waals surface area contributed by atoms with Gasteiger partial charge in [-0.3, -0.25) is 0 Å². The molecule has 0 bridgehead atoms. The van der Waals surface area contributed by atoms with Gasteiger partial charge in [-0.15, -0.1) is 0 Å². The minimum atomic E-state index is -0.443. The van der Waals surface area contributed by atoms with Crippen molar-refractivity contribution >= 4 is 6.03 Å². The first-order chi connectivity index (χ1) is 10.1. The van der Waals surface area contributed by atoms with Crippen LogP contribution in [0.4, 0.5) is 9.18 Å². The first kappa shape index (κ1) is 15.3. The van der Waals surface area contributed by atoms with Crippen LogP contribution in [0.15, 0.2) is 18.2 Å². The third-order valence-electron chi connectivity index (χ3n) is 3.88. The largest absolute Gasteiger partial charge is 0.376 e. The number of carbonyl (C=O) groups excluding carboxylic acids is 1. The van der Waals surface area contributed by atoms with Crippen LogP contribution in [0.25, 0.3) is 0 Å². The highest BCUT2D eigenvalue weighted by molar-refractivity contribution is 5.73. The van der Waals surface area contributed by atoms with Crippen molar-refractivity contribution in [2.75, 3.05) is 13.7 Å². The van der Waals surface area contributed by atoms with Crippen LogP contribution >= 0.6 is 0 Å². The minimum Gasteiger partial charge on any atom is -0.376 e. The van der Waals surface area contributed by atoms with Crippen molar-refractivity contribution in [1.82, 2.24) is 10.6 Å². The summed E-state index contributed by atoms with van der Waals surface area (Å²) < 4.78 is 18.9. The smallest absolute Gasteiger partial charge is 0.315 e. The van der Waals surface area contributed by atoms with Crippen molar-refractivity contribution in [3.63, 3.8) is 0 Å². The highest BCUT2D eigenvalue weighted by Crippen LogP contribution is 2.34. The fourth-order valence-electron chi connectivity index (χ4n) is 2.28. The van der Waals surface area contributed by atoms with Gasteiger partial charge in [-0.1, -0.05) is 0 Å². The molecule has 2 amide bonds. The van der Waals surface area contributed by atoms with E-state index in [1.54, 1.807) is 7.11 Å². The van der Waals surface area contributed by atoms with Gasteiger partial charge in [-0.2, -0.15) is 5.26 Å². The minimum absolute atomic E-state index is 0.0349. The maximum Gasteiger partial charge on any atom is 0.315 e. The van der Waals surface area contributed by atoms with E-state index < -0.39 is 5.82 Å². The van der Waals surface area contributed by atoms with Crippen LogP contribution in [0.2, 0.25) is 0 Å². The Kier molecular flexibility index (Phi) is 4.76. The normalized spacial score (nSPS) is 15.7.